The molecule has 13 heteroatoms. The van der Waals surface area contributed by atoms with Crippen LogP contribution in [0, 0.1) is 19.7 Å². The van der Waals surface area contributed by atoms with Crippen LogP contribution in [0.5, 0.6) is 6.01 Å². The lowest BCUT2D eigenvalue weighted by molar-refractivity contribution is 0.0383. The molecule has 2 aromatic carbocycles. The maximum absolute atomic E-state index is 16.8. The van der Waals surface area contributed by atoms with Crippen LogP contribution in [0.1, 0.15) is 36.5 Å². The first-order chi connectivity index (χ1) is 24.7. The van der Waals surface area contributed by atoms with Crippen LogP contribution in [0.25, 0.3) is 39.0 Å². The molecule has 3 aliphatic rings. The molecule has 3 fully saturated rings. The Morgan fingerprint density at radius 3 is 2.67 bits per heavy atom. The van der Waals surface area contributed by atoms with Gasteiger partial charge in [0.05, 0.1) is 16.6 Å². The van der Waals surface area contributed by atoms with Gasteiger partial charge in [0.1, 0.15) is 41.9 Å². The van der Waals surface area contributed by atoms with Gasteiger partial charge in [-0.25, -0.2) is 18.7 Å². The fourth-order valence-electron chi connectivity index (χ4n) is 7.99. The van der Waals surface area contributed by atoms with E-state index in [4.69, 9.17) is 21.3 Å². The SMILES string of the molecule is Cc1cc(/C=C/C(O)N2CCN(c3nc(OC[C@@]45CCCN4C[C@H](F)C5)nc4c(F)c(-c5cccc6cccc(Cl)c56)ncc34)CC2)nc(C)n1. The number of nitrogens with zero attached hydrogens (tertiary/aromatic N) is 8. The Bertz CT molecular complexity index is 2120. The third-order valence-electron chi connectivity index (χ3n) is 10.4. The number of rotatable bonds is 8. The Hall–Kier alpha value is -4.36. The van der Waals surface area contributed by atoms with E-state index in [1.165, 1.54) is 0 Å². The van der Waals surface area contributed by atoms with Gasteiger partial charge in [-0.15, -0.1) is 0 Å². The Morgan fingerprint density at radius 1 is 1.06 bits per heavy atom. The number of hydrogen-bond donors (Lipinski definition) is 1. The normalized spacial score (nSPS) is 22.0. The van der Waals surface area contributed by atoms with Crippen LogP contribution in [-0.2, 0) is 0 Å². The molecule has 0 saturated carbocycles. The van der Waals surface area contributed by atoms with E-state index >= 15 is 4.39 Å². The zero-order valence-corrected chi connectivity index (χ0v) is 29.3. The van der Waals surface area contributed by atoms with Gasteiger partial charge in [0.2, 0.25) is 0 Å². The third kappa shape index (κ3) is 6.50. The summed E-state index contributed by atoms with van der Waals surface area (Å²) in [4.78, 5) is 29.0. The quantitative estimate of drug-likeness (QED) is 0.202. The number of aromatic nitrogens is 5. The zero-order chi connectivity index (χ0) is 35.3. The number of fused-ring (bicyclic) bond motifs is 3. The number of aliphatic hydroxyl groups excluding tert-OH is 1. The molecule has 0 bridgehead atoms. The van der Waals surface area contributed by atoms with E-state index in [-0.39, 0.29) is 23.8 Å². The molecule has 264 valence electrons. The minimum Gasteiger partial charge on any atom is -0.461 e. The molecule has 10 nitrogen and oxygen atoms in total. The predicted octanol–water partition coefficient (Wildman–Crippen LogP) is 6.15. The van der Waals surface area contributed by atoms with Crippen molar-refractivity contribution in [2.75, 3.05) is 50.8 Å². The number of piperazine rings is 1. The summed E-state index contributed by atoms with van der Waals surface area (Å²) >= 11 is 6.62. The van der Waals surface area contributed by atoms with Crippen LogP contribution in [0.4, 0.5) is 14.6 Å². The largest absolute Gasteiger partial charge is 0.461 e. The number of aryl methyl sites for hydroxylation is 2. The summed E-state index contributed by atoms with van der Waals surface area (Å²) in [6, 6.07) is 13.1. The number of hydrogen-bond acceptors (Lipinski definition) is 10. The number of anilines is 1. The summed E-state index contributed by atoms with van der Waals surface area (Å²) < 4.78 is 37.6. The highest BCUT2D eigenvalue weighted by atomic mass is 35.5. The van der Waals surface area contributed by atoms with Crippen LogP contribution >= 0.6 is 11.6 Å². The second-order valence-electron chi connectivity index (χ2n) is 13.8. The van der Waals surface area contributed by atoms with Crippen molar-refractivity contribution >= 4 is 45.2 Å². The molecule has 0 amide bonds. The maximum atomic E-state index is 16.8. The minimum atomic E-state index is -0.906. The van der Waals surface area contributed by atoms with Gasteiger partial charge in [-0.2, -0.15) is 9.97 Å². The van der Waals surface area contributed by atoms with Crippen molar-refractivity contribution in [2.45, 2.75) is 51.0 Å². The molecule has 51 heavy (non-hydrogen) atoms. The van der Waals surface area contributed by atoms with E-state index in [9.17, 15) is 9.50 Å². The fourth-order valence-corrected chi connectivity index (χ4v) is 8.27. The van der Waals surface area contributed by atoms with Crippen molar-refractivity contribution in [3.05, 3.63) is 82.8 Å². The lowest BCUT2D eigenvalue weighted by Gasteiger charge is -2.37. The van der Waals surface area contributed by atoms with Crippen molar-refractivity contribution in [2.24, 2.45) is 0 Å². The fraction of sp³-hybridized carbons (Fsp3) is 0.395. The first-order valence-electron chi connectivity index (χ1n) is 17.4. The van der Waals surface area contributed by atoms with Gasteiger partial charge >= 0.3 is 6.01 Å². The molecular formula is C38H39ClF2N8O2. The minimum absolute atomic E-state index is 0.0360. The van der Waals surface area contributed by atoms with Gasteiger partial charge in [-0.05, 0) is 62.9 Å². The predicted molar refractivity (Wildman–Crippen MR) is 194 cm³/mol. The summed E-state index contributed by atoms with van der Waals surface area (Å²) in [5, 5.41) is 13.5. The average Bonchev–Trinajstić information content (AvgIpc) is 3.65. The maximum Gasteiger partial charge on any atom is 0.319 e. The smallest absolute Gasteiger partial charge is 0.319 e. The average molecular weight is 713 g/mol. The van der Waals surface area contributed by atoms with Crippen molar-refractivity contribution in [1.29, 1.82) is 0 Å². The van der Waals surface area contributed by atoms with Crippen LogP contribution in [0.15, 0.2) is 54.7 Å². The van der Waals surface area contributed by atoms with Crippen LogP contribution in [0.3, 0.4) is 0 Å². The molecule has 3 saturated heterocycles. The van der Waals surface area contributed by atoms with E-state index in [0.717, 1.165) is 36.2 Å². The van der Waals surface area contributed by atoms with E-state index in [0.29, 0.717) is 72.1 Å². The summed E-state index contributed by atoms with van der Waals surface area (Å²) in [5.74, 6) is 0.566. The van der Waals surface area contributed by atoms with Gasteiger partial charge in [0.15, 0.2) is 5.82 Å². The van der Waals surface area contributed by atoms with Crippen LogP contribution in [0.2, 0.25) is 5.02 Å². The molecule has 1 N–H and O–H groups in total. The lowest BCUT2D eigenvalue weighted by Crippen LogP contribution is -2.50. The Balaban J connectivity index is 1.11. The molecule has 3 aliphatic heterocycles. The van der Waals surface area contributed by atoms with E-state index in [2.05, 4.69) is 24.8 Å². The van der Waals surface area contributed by atoms with Crippen molar-refractivity contribution < 1.29 is 18.6 Å². The van der Waals surface area contributed by atoms with E-state index in [1.807, 2.05) is 54.0 Å². The Morgan fingerprint density at radius 2 is 1.86 bits per heavy atom. The van der Waals surface area contributed by atoms with Gasteiger partial charge < -0.3 is 14.7 Å². The van der Waals surface area contributed by atoms with Crippen LogP contribution in [-0.4, -0.2) is 104 Å². The van der Waals surface area contributed by atoms with Gasteiger partial charge in [-0.3, -0.25) is 14.8 Å². The van der Waals surface area contributed by atoms with E-state index in [1.54, 1.807) is 30.5 Å². The van der Waals surface area contributed by atoms with Gasteiger partial charge in [-0.1, -0.05) is 41.9 Å². The first kappa shape index (κ1) is 33.8. The summed E-state index contributed by atoms with van der Waals surface area (Å²) in [6.45, 7) is 7.25. The van der Waals surface area contributed by atoms with Gasteiger partial charge in [0, 0.05) is 67.0 Å². The first-order valence-corrected chi connectivity index (χ1v) is 17.8. The number of pyridine rings is 1. The molecule has 0 spiro atoms. The molecular weight excluding hydrogens is 674 g/mol. The standard InChI is InChI=1S/C38H39ClF2N8O2/c1-23-18-27(44-24(2)43-23)10-11-31(50)47-14-16-48(17-15-47)36-29-20-42-34(28-8-3-6-25-7-4-9-30(39)32(25)28)33(41)35(29)45-37(46-36)51-22-38-12-5-13-49(38)21-26(40)19-38/h3-4,6-11,18,20,26,31,50H,5,12-17,19,21-22H2,1-2H3/b11-10+/t26-,31?,38+/m1/s1. The van der Waals surface area contributed by atoms with Gasteiger partial charge in [0.25, 0.3) is 0 Å². The number of alkyl halides is 1. The zero-order valence-electron chi connectivity index (χ0n) is 28.6. The Kier molecular flexibility index (Phi) is 9.03. The summed E-state index contributed by atoms with van der Waals surface area (Å²) in [7, 11) is 0. The molecule has 3 aromatic heterocycles. The van der Waals surface area contributed by atoms with Crippen molar-refractivity contribution in [3.63, 3.8) is 0 Å². The number of benzene rings is 2. The number of ether oxygens (including phenoxy) is 1. The number of halogens is 3. The molecule has 5 aromatic rings. The van der Waals surface area contributed by atoms with Crippen LogP contribution < -0.4 is 9.64 Å². The number of aliphatic hydroxyl groups is 1. The van der Waals surface area contributed by atoms with Crippen molar-refractivity contribution in [1.82, 2.24) is 34.7 Å². The second kappa shape index (κ2) is 13.6. The highest BCUT2D eigenvalue weighted by Crippen LogP contribution is 2.41. The third-order valence-corrected chi connectivity index (χ3v) is 10.7. The van der Waals surface area contributed by atoms with Crippen molar-refractivity contribution in [3.8, 4) is 17.3 Å². The molecule has 8 rings (SSSR count). The summed E-state index contributed by atoms with van der Waals surface area (Å²) in [6.07, 6.45) is 5.60. The molecule has 1 unspecified atom stereocenters. The molecule has 6 heterocycles. The molecule has 0 radical (unpaired) electrons. The Labute approximate surface area is 299 Å². The monoisotopic (exact) mass is 712 g/mol. The molecule has 0 aliphatic carbocycles. The van der Waals surface area contributed by atoms with E-state index < -0.39 is 23.8 Å². The molecule has 3 atom stereocenters. The second-order valence-corrected chi connectivity index (χ2v) is 14.2. The lowest BCUT2D eigenvalue weighted by atomic mass is 9.95. The highest BCUT2D eigenvalue weighted by Gasteiger charge is 2.49. The summed E-state index contributed by atoms with van der Waals surface area (Å²) in [5.41, 5.74) is 1.95. The highest BCUT2D eigenvalue weighted by molar-refractivity contribution is 6.36. The topological polar surface area (TPSA) is 104 Å².